The van der Waals surface area contributed by atoms with Gasteiger partial charge < -0.3 is 15.0 Å². The number of aliphatic hydroxyl groups is 1. The maximum atomic E-state index is 10.9. The molecule has 30 heavy (non-hydrogen) atoms. The highest BCUT2D eigenvalue weighted by Gasteiger charge is 2.35. The van der Waals surface area contributed by atoms with Crippen molar-refractivity contribution in [2.45, 2.75) is 31.5 Å². The molecule has 160 valence electrons. The van der Waals surface area contributed by atoms with Crippen LogP contribution >= 0.6 is 11.6 Å². The zero-order valence-corrected chi connectivity index (χ0v) is 17.5. The van der Waals surface area contributed by atoms with Crippen molar-refractivity contribution in [3.63, 3.8) is 0 Å². The minimum absolute atomic E-state index is 0.0167. The number of aliphatic hydroxyl groups excluding tert-OH is 1. The first-order valence-electron chi connectivity index (χ1n) is 9.50. The minimum atomic E-state index is -4.28. The molecule has 1 fully saturated rings. The Morgan fingerprint density at radius 1 is 1.23 bits per heavy atom. The van der Waals surface area contributed by atoms with Gasteiger partial charge in [0.2, 0.25) is 0 Å². The standard InChI is InChI=1S/C19H22ClN5O4S/c20-14-3-1-2-12(6-14)9-21-18-16-4-5-25(19(16)23-11-22-18)15-7-13(17(26)8-15)10-24-30(27,28)29/h1-6,11,13,15,17,24,26H,7-10H2,(H,21,22,23)(H,27,28,29)/t13-,15+,17-/m0/s1. The van der Waals surface area contributed by atoms with Gasteiger partial charge in [-0.15, -0.1) is 0 Å². The van der Waals surface area contributed by atoms with Gasteiger partial charge in [0.05, 0.1) is 11.5 Å². The number of halogens is 1. The Bertz CT molecular complexity index is 1150. The van der Waals surface area contributed by atoms with Gasteiger partial charge >= 0.3 is 10.3 Å². The molecular weight excluding hydrogens is 430 g/mol. The van der Waals surface area contributed by atoms with E-state index in [1.54, 1.807) is 0 Å². The Hall–Kier alpha value is -2.24. The van der Waals surface area contributed by atoms with Gasteiger partial charge in [-0.25, -0.2) is 9.97 Å². The van der Waals surface area contributed by atoms with E-state index in [0.29, 0.717) is 30.2 Å². The maximum absolute atomic E-state index is 10.9. The number of benzene rings is 1. The molecule has 0 radical (unpaired) electrons. The molecular formula is C19H22ClN5O4S. The van der Waals surface area contributed by atoms with Crippen molar-refractivity contribution in [3.05, 3.63) is 53.4 Å². The third-order valence-electron chi connectivity index (χ3n) is 5.41. The number of nitrogens with zero attached hydrogens (tertiary/aromatic N) is 3. The van der Waals surface area contributed by atoms with Crippen molar-refractivity contribution >= 4 is 38.8 Å². The van der Waals surface area contributed by atoms with Gasteiger partial charge in [0.25, 0.3) is 0 Å². The van der Waals surface area contributed by atoms with Crippen LogP contribution in [0.15, 0.2) is 42.9 Å². The molecule has 1 aliphatic rings. The summed E-state index contributed by atoms with van der Waals surface area (Å²) in [6.07, 6.45) is 3.74. The van der Waals surface area contributed by atoms with Gasteiger partial charge in [0, 0.05) is 36.3 Å². The molecule has 1 aromatic carbocycles. The van der Waals surface area contributed by atoms with Crippen molar-refractivity contribution in [1.29, 1.82) is 0 Å². The third kappa shape index (κ3) is 4.73. The van der Waals surface area contributed by atoms with Crippen LogP contribution in [0.1, 0.15) is 24.4 Å². The Morgan fingerprint density at radius 3 is 2.83 bits per heavy atom. The van der Waals surface area contributed by atoms with Gasteiger partial charge in [-0.05, 0) is 36.6 Å². The van der Waals surface area contributed by atoms with Crippen molar-refractivity contribution in [3.8, 4) is 0 Å². The molecule has 4 N–H and O–H groups in total. The van der Waals surface area contributed by atoms with E-state index < -0.39 is 16.4 Å². The first-order valence-corrected chi connectivity index (χ1v) is 11.3. The quantitative estimate of drug-likeness (QED) is 0.406. The number of anilines is 1. The summed E-state index contributed by atoms with van der Waals surface area (Å²) < 4.78 is 34.8. The maximum Gasteiger partial charge on any atom is 0.333 e. The molecule has 0 amide bonds. The summed E-state index contributed by atoms with van der Waals surface area (Å²) in [4.78, 5) is 8.76. The largest absolute Gasteiger partial charge is 0.393 e. The van der Waals surface area contributed by atoms with Gasteiger partial charge in [0.1, 0.15) is 17.8 Å². The van der Waals surface area contributed by atoms with Gasteiger partial charge in [-0.3, -0.25) is 4.55 Å². The molecule has 3 aromatic rings. The molecule has 0 saturated heterocycles. The van der Waals surface area contributed by atoms with E-state index in [9.17, 15) is 13.5 Å². The van der Waals surface area contributed by atoms with Crippen LogP contribution in [0.3, 0.4) is 0 Å². The van der Waals surface area contributed by atoms with Crippen molar-refractivity contribution in [2.24, 2.45) is 5.92 Å². The second-order valence-corrected chi connectivity index (χ2v) is 9.12. The second kappa shape index (κ2) is 8.48. The highest BCUT2D eigenvalue weighted by atomic mass is 35.5. The molecule has 2 aromatic heterocycles. The molecule has 9 nitrogen and oxygen atoms in total. The fraction of sp³-hybridized carbons (Fsp3) is 0.368. The van der Waals surface area contributed by atoms with Crippen molar-refractivity contribution in [2.75, 3.05) is 11.9 Å². The molecule has 4 rings (SSSR count). The SMILES string of the molecule is O=S(=O)(O)NC[C@@H]1C[C@@H](n2ccc3c(NCc4cccc(Cl)c4)ncnc32)C[C@@H]1O. The smallest absolute Gasteiger partial charge is 0.333 e. The Balaban J connectivity index is 1.50. The van der Waals surface area contributed by atoms with Crippen LogP contribution < -0.4 is 10.0 Å². The normalized spacial score (nSPS) is 21.9. The predicted molar refractivity (Wildman–Crippen MR) is 114 cm³/mol. The van der Waals surface area contributed by atoms with Crippen LogP contribution in [-0.4, -0.2) is 45.3 Å². The fourth-order valence-electron chi connectivity index (χ4n) is 3.97. The summed E-state index contributed by atoms with van der Waals surface area (Å²) in [7, 11) is -4.28. The number of rotatable bonds is 7. The monoisotopic (exact) mass is 451 g/mol. The molecule has 2 heterocycles. The minimum Gasteiger partial charge on any atom is -0.393 e. The van der Waals surface area contributed by atoms with Crippen LogP contribution in [0.2, 0.25) is 5.02 Å². The first-order chi connectivity index (χ1) is 14.3. The second-order valence-electron chi connectivity index (χ2n) is 7.44. The van der Waals surface area contributed by atoms with E-state index in [-0.39, 0.29) is 18.5 Å². The lowest BCUT2D eigenvalue weighted by atomic mass is 10.1. The summed E-state index contributed by atoms with van der Waals surface area (Å²) >= 11 is 6.04. The van der Waals surface area contributed by atoms with Crippen molar-refractivity contribution < 1.29 is 18.1 Å². The summed E-state index contributed by atoms with van der Waals surface area (Å²) in [5.74, 6) is 0.401. The van der Waals surface area contributed by atoms with E-state index in [1.807, 2.05) is 41.1 Å². The lowest BCUT2D eigenvalue weighted by Gasteiger charge is -2.14. The van der Waals surface area contributed by atoms with Crippen molar-refractivity contribution in [1.82, 2.24) is 19.3 Å². The first kappa shape index (κ1) is 21.0. The number of hydrogen-bond donors (Lipinski definition) is 4. The third-order valence-corrected chi connectivity index (χ3v) is 6.18. The van der Waals surface area contributed by atoms with Crippen LogP contribution in [0.4, 0.5) is 5.82 Å². The number of nitrogens with one attached hydrogen (secondary N) is 2. The van der Waals surface area contributed by atoms with E-state index in [2.05, 4.69) is 20.0 Å². The van der Waals surface area contributed by atoms with Crippen LogP contribution in [-0.2, 0) is 16.8 Å². The van der Waals surface area contributed by atoms with E-state index >= 15 is 0 Å². The number of hydrogen-bond acceptors (Lipinski definition) is 6. The fourth-order valence-corrected chi connectivity index (χ4v) is 4.61. The zero-order valence-electron chi connectivity index (χ0n) is 15.9. The van der Waals surface area contributed by atoms with E-state index in [1.165, 1.54) is 6.33 Å². The summed E-state index contributed by atoms with van der Waals surface area (Å²) in [6.45, 7) is 0.542. The van der Waals surface area contributed by atoms with Gasteiger partial charge in [0.15, 0.2) is 0 Å². The lowest BCUT2D eigenvalue weighted by Crippen LogP contribution is -2.31. The Morgan fingerprint density at radius 2 is 2.07 bits per heavy atom. The summed E-state index contributed by atoms with van der Waals surface area (Å²) in [5, 5.41) is 15.2. The topological polar surface area (TPSA) is 129 Å². The van der Waals surface area contributed by atoms with Crippen LogP contribution in [0.5, 0.6) is 0 Å². The summed E-state index contributed by atoms with van der Waals surface area (Å²) in [6, 6.07) is 9.46. The zero-order chi connectivity index (χ0) is 21.3. The molecule has 3 atom stereocenters. The highest BCUT2D eigenvalue weighted by Crippen LogP contribution is 2.37. The molecule has 0 aliphatic heterocycles. The predicted octanol–water partition coefficient (Wildman–Crippen LogP) is 2.40. The van der Waals surface area contributed by atoms with E-state index in [4.69, 9.17) is 16.2 Å². The molecule has 11 heteroatoms. The number of aromatic nitrogens is 3. The van der Waals surface area contributed by atoms with Gasteiger partial charge in [-0.1, -0.05) is 23.7 Å². The summed E-state index contributed by atoms with van der Waals surface area (Å²) in [5.41, 5.74) is 1.76. The lowest BCUT2D eigenvalue weighted by molar-refractivity contribution is 0.133. The van der Waals surface area contributed by atoms with E-state index in [0.717, 1.165) is 16.6 Å². The molecule has 1 saturated carbocycles. The Kier molecular flexibility index (Phi) is 5.94. The van der Waals surface area contributed by atoms with Crippen LogP contribution in [0, 0.1) is 5.92 Å². The molecule has 0 bridgehead atoms. The average molecular weight is 452 g/mol. The number of fused-ring (bicyclic) bond motifs is 1. The molecule has 0 spiro atoms. The highest BCUT2D eigenvalue weighted by molar-refractivity contribution is 7.83. The Labute approximate surface area is 179 Å². The van der Waals surface area contributed by atoms with Gasteiger partial charge in [-0.2, -0.15) is 13.1 Å². The molecule has 1 aliphatic carbocycles. The molecule has 0 unspecified atom stereocenters. The average Bonchev–Trinajstić information content (AvgIpc) is 3.28. The van der Waals surface area contributed by atoms with Crippen LogP contribution in [0.25, 0.3) is 11.0 Å².